The summed E-state index contributed by atoms with van der Waals surface area (Å²) in [4.78, 5) is 10.5. The van der Waals surface area contributed by atoms with Crippen molar-refractivity contribution < 1.29 is 14.6 Å². The van der Waals surface area contributed by atoms with Crippen molar-refractivity contribution in [1.82, 2.24) is 0 Å². The van der Waals surface area contributed by atoms with Crippen LogP contribution in [0.15, 0.2) is 18.2 Å². The normalized spacial score (nSPS) is 9.69. The van der Waals surface area contributed by atoms with E-state index in [1.54, 1.807) is 12.1 Å². The Labute approximate surface area is 80.9 Å². The number of halogens is 1. The van der Waals surface area contributed by atoms with Crippen LogP contribution in [0.25, 0.3) is 0 Å². The molecule has 70 valence electrons. The predicted molar refractivity (Wildman–Crippen MR) is 48.6 cm³/mol. The van der Waals surface area contributed by atoms with Crippen LogP contribution in [0.4, 0.5) is 0 Å². The summed E-state index contributed by atoms with van der Waals surface area (Å²) in [6.45, 7) is 1.51. The van der Waals surface area contributed by atoms with Gasteiger partial charge in [-0.05, 0) is 17.7 Å². The number of benzene rings is 1. The molecule has 1 aromatic rings. The fourth-order valence-corrected chi connectivity index (χ4v) is 1.03. The zero-order chi connectivity index (χ0) is 9.84. The molecule has 0 heterocycles. The van der Waals surface area contributed by atoms with Crippen LogP contribution in [0.2, 0.25) is 5.02 Å². The van der Waals surface area contributed by atoms with E-state index in [1.807, 2.05) is 0 Å². The van der Waals surface area contributed by atoms with E-state index in [9.17, 15) is 4.79 Å². The van der Waals surface area contributed by atoms with Gasteiger partial charge in [0.25, 0.3) is 0 Å². The number of aromatic hydroxyl groups is 1. The lowest BCUT2D eigenvalue weighted by molar-refractivity contribution is -0.142. The summed E-state index contributed by atoms with van der Waals surface area (Å²) in [6.07, 6.45) is 0. The Bertz CT molecular complexity index is 323. The maximum Gasteiger partial charge on any atom is 0.302 e. The highest BCUT2D eigenvalue weighted by Gasteiger charge is 2.01. The first-order valence-corrected chi connectivity index (χ1v) is 4.08. The molecule has 0 saturated carbocycles. The van der Waals surface area contributed by atoms with Crippen LogP contribution in [0.5, 0.6) is 5.75 Å². The van der Waals surface area contributed by atoms with Gasteiger partial charge in [-0.2, -0.15) is 0 Å². The largest absolute Gasteiger partial charge is 0.506 e. The third-order valence-corrected chi connectivity index (χ3v) is 1.76. The van der Waals surface area contributed by atoms with Gasteiger partial charge in [0, 0.05) is 6.92 Å². The molecular weight excluding hydrogens is 192 g/mol. The Balaban J connectivity index is 2.68. The lowest BCUT2D eigenvalue weighted by Gasteiger charge is -2.03. The fraction of sp³-hybridized carbons (Fsp3) is 0.222. The molecule has 3 nitrogen and oxygen atoms in total. The van der Waals surface area contributed by atoms with Crippen LogP contribution in [0.1, 0.15) is 12.5 Å². The molecule has 0 aliphatic rings. The number of esters is 1. The zero-order valence-corrected chi connectivity index (χ0v) is 7.84. The van der Waals surface area contributed by atoms with E-state index in [1.165, 1.54) is 13.0 Å². The molecule has 1 rings (SSSR count). The highest BCUT2D eigenvalue weighted by molar-refractivity contribution is 6.32. The van der Waals surface area contributed by atoms with Gasteiger partial charge in [0.05, 0.1) is 5.02 Å². The molecule has 0 aromatic heterocycles. The predicted octanol–water partition coefficient (Wildman–Crippen LogP) is 2.11. The van der Waals surface area contributed by atoms with Crippen LogP contribution in [-0.2, 0) is 16.1 Å². The maximum absolute atomic E-state index is 10.5. The summed E-state index contributed by atoms with van der Waals surface area (Å²) in [5.41, 5.74) is 0.748. The number of hydrogen-bond acceptors (Lipinski definition) is 3. The van der Waals surface area contributed by atoms with Crippen LogP contribution in [0.3, 0.4) is 0 Å². The average Bonchev–Trinajstić information content (AvgIpc) is 2.07. The molecule has 0 spiro atoms. The molecule has 0 bridgehead atoms. The quantitative estimate of drug-likeness (QED) is 0.744. The summed E-state index contributed by atoms with van der Waals surface area (Å²) >= 11 is 5.64. The summed E-state index contributed by atoms with van der Waals surface area (Å²) in [5, 5.41) is 9.34. The molecular formula is C9H9ClO3. The van der Waals surface area contributed by atoms with E-state index in [0.717, 1.165) is 5.56 Å². The molecule has 13 heavy (non-hydrogen) atoms. The third-order valence-electron chi connectivity index (χ3n) is 1.45. The van der Waals surface area contributed by atoms with Crippen LogP contribution >= 0.6 is 11.6 Å². The Kier molecular flexibility index (Phi) is 3.14. The molecule has 0 radical (unpaired) electrons. The van der Waals surface area contributed by atoms with Crippen molar-refractivity contribution in [3.8, 4) is 5.75 Å². The molecule has 1 aromatic carbocycles. The Morgan fingerprint density at radius 2 is 2.31 bits per heavy atom. The van der Waals surface area contributed by atoms with Gasteiger partial charge in [-0.15, -0.1) is 0 Å². The van der Waals surface area contributed by atoms with E-state index in [4.69, 9.17) is 21.4 Å². The van der Waals surface area contributed by atoms with Crippen molar-refractivity contribution in [3.63, 3.8) is 0 Å². The molecule has 0 aliphatic heterocycles. The molecule has 1 N–H and O–H groups in total. The van der Waals surface area contributed by atoms with Crippen LogP contribution in [0, 0.1) is 0 Å². The van der Waals surface area contributed by atoms with E-state index in [-0.39, 0.29) is 23.3 Å². The van der Waals surface area contributed by atoms with E-state index >= 15 is 0 Å². The lowest BCUT2D eigenvalue weighted by Crippen LogP contribution is -1.98. The SMILES string of the molecule is CC(=O)OCc1ccc(O)c(Cl)c1. The number of carbonyl (C=O) groups excluding carboxylic acids is 1. The first-order chi connectivity index (χ1) is 6.09. The van der Waals surface area contributed by atoms with E-state index < -0.39 is 0 Å². The van der Waals surface area contributed by atoms with Crippen molar-refractivity contribution in [3.05, 3.63) is 28.8 Å². The van der Waals surface area contributed by atoms with Crippen molar-refractivity contribution in [1.29, 1.82) is 0 Å². The lowest BCUT2D eigenvalue weighted by atomic mass is 10.2. The summed E-state index contributed by atoms with van der Waals surface area (Å²) < 4.78 is 4.74. The Morgan fingerprint density at radius 1 is 1.62 bits per heavy atom. The zero-order valence-electron chi connectivity index (χ0n) is 7.08. The van der Waals surface area contributed by atoms with Gasteiger partial charge in [-0.1, -0.05) is 17.7 Å². The second-order valence-electron chi connectivity index (χ2n) is 2.57. The monoisotopic (exact) mass is 200 g/mol. The number of rotatable bonds is 2. The number of hydrogen-bond donors (Lipinski definition) is 1. The summed E-state index contributed by atoms with van der Waals surface area (Å²) in [5.74, 6) is -0.322. The average molecular weight is 201 g/mol. The standard InChI is InChI=1S/C9H9ClO3/c1-6(11)13-5-7-2-3-9(12)8(10)4-7/h2-4,12H,5H2,1H3. The van der Waals surface area contributed by atoms with E-state index in [0.29, 0.717) is 0 Å². The highest BCUT2D eigenvalue weighted by atomic mass is 35.5. The summed E-state index contributed by atoms with van der Waals surface area (Å²) in [7, 11) is 0. The molecule has 0 fully saturated rings. The molecule has 0 aliphatic carbocycles. The van der Waals surface area contributed by atoms with Gasteiger partial charge in [0.15, 0.2) is 0 Å². The fourth-order valence-electron chi connectivity index (χ4n) is 0.825. The van der Waals surface area contributed by atoms with Gasteiger partial charge >= 0.3 is 5.97 Å². The highest BCUT2D eigenvalue weighted by Crippen LogP contribution is 2.23. The summed E-state index contributed by atoms with van der Waals surface area (Å²) in [6, 6.07) is 4.66. The van der Waals surface area contributed by atoms with Crippen LogP contribution in [-0.4, -0.2) is 11.1 Å². The molecule has 0 saturated heterocycles. The first kappa shape index (κ1) is 9.86. The third kappa shape index (κ3) is 2.95. The Hall–Kier alpha value is -1.22. The van der Waals surface area contributed by atoms with Crippen molar-refractivity contribution in [2.24, 2.45) is 0 Å². The second kappa shape index (κ2) is 4.14. The number of ether oxygens (including phenoxy) is 1. The Morgan fingerprint density at radius 3 is 2.85 bits per heavy atom. The first-order valence-electron chi connectivity index (χ1n) is 3.70. The minimum Gasteiger partial charge on any atom is -0.506 e. The topological polar surface area (TPSA) is 46.5 Å². The molecule has 4 heteroatoms. The minimum absolute atomic E-state index is 0.0215. The van der Waals surface area contributed by atoms with Gasteiger partial charge in [0.1, 0.15) is 12.4 Å². The number of phenols is 1. The van der Waals surface area contributed by atoms with Crippen molar-refractivity contribution in [2.75, 3.05) is 0 Å². The maximum atomic E-state index is 10.5. The van der Waals surface area contributed by atoms with Gasteiger partial charge in [-0.3, -0.25) is 4.79 Å². The van der Waals surface area contributed by atoms with Gasteiger partial charge < -0.3 is 9.84 Å². The van der Waals surface area contributed by atoms with Gasteiger partial charge in [-0.25, -0.2) is 0 Å². The number of carbonyl (C=O) groups is 1. The van der Waals surface area contributed by atoms with Crippen LogP contribution < -0.4 is 0 Å². The molecule has 0 atom stereocenters. The van der Waals surface area contributed by atoms with E-state index in [2.05, 4.69) is 0 Å². The van der Waals surface area contributed by atoms with Gasteiger partial charge in [0.2, 0.25) is 0 Å². The minimum atomic E-state index is -0.343. The second-order valence-corrected chi connectivity index (χ2v) is 2.97. The number of phenolic OH excluding ortho intramolecular Hbond substituents is 1. The van der Waals surface area contributed by atoms with Crippen molar-refractivity contribution in [2.45, 2.75) is 13.5 Å². The molecule has 0 unspecified atom stereocenters. The van der Waals surface area contributed by atoms with Crippen molar-refractivity contribution >= 4 is 17.6 Å². The molecule has 0 amide bonds. The smallest absolute Gasteiger partial charge is 0.302 e.